The molecule has 1 nitrogen and oxygen atoms in total. The van der Waals surface area contributed by atoms with Gasteiger partial charge in [0.1, 0.15) is 23.2 Å². The first-order chi connectivity index (χ1) is 11.9. The molecule has 3 aromatic rings. The minimum atomic E-state index is -1.71. The zero-order chi connectivity index (χ0) is 16.7. The van der Waals surface area contributed by atoms with Gasteiger partial charge in [-0.05, 0) is 43.3 Å². The van der Waals surface area contributed by atoms with Gasteiger partial charge in [-0.15, -0.1) is 0 Å². The van der Waals surface area contributed by atoms with Crippen molar-refractivity contribution in [1.29, 1.82) is 0 Å². The Balaban J connectivity index is 0.00000225. The van der Waals surface area contributed by atoms with E-state index >= 15 is 0 Å². The summed E-state index contributed by atoms with van der Waals surface area (Å²) >= 11 is 0. The first kappa shape index (κ1) is 19.7. The molecule has 0 N–H and O–H groups in total. The fraction of sp³-hybridized carbons (Fsp3) is 0.182. The Bertz CT molecular complexity index is 635. The van der Waals surface area contributed by atoms with Crippen molar-refractivity contribution in [3.63, 3.8) is 0 Å². The van der Waals surface area contributed by atoms with Gasteiger partial charge in [-0.1, -0.05) is 54.6 Å². The van der Waals surface area contributed by atoms with E-state index in [4.69, 9.17) is 4.74 Å². The smallest absolute Gasteiger partial charge is 0.114 e. The van der Waals surface area contributed by atoms with Crippen molar-refractivity contribution < 1.29 is 17.1 Å². The summed E-state index contributed by atoms with van der Waals surface area (Å²) in [6.45, 7) is 3.61. The van der Waals surface area contributed by atoms with Crippen LogP contribution in [0, 0.1) is 0 Å². The SMILES string of the molecule is CCOCC[P+](c1ccccc1)(c1ccccc1)c1ccccc1.[Cl-]. The van der Waals surface area contributed by atoms with Gasteiger partial charge in [0.05, 0.1) is 12.8 Å². The molecule has 0 spiro atoms. The molecule has 0 aliphatic carbocycles. The van der Waals surface area contributed by atoms with Gasteiger partial charge in [0.25, 0.3) is 0 Å². The molecule has 25 heavy (non-hydrogen) atoms. The van der Waals surface area contributed by atoms with Gasteiger partial charge in [-0.3, -0.25) is 0 Å². The molecule has 0 aliphatic rings. The van der Waals surface area contributed by atoms with Gasteiger partial charge in [-0.25, -0.2) is 0 Å². The Kier molecular flexibility index (Phi) is 7.65. The Labute approximate surface area is 157 Å². The summed E-state index contributed by atoms with van der Waals surface area (Å²) < 4.78 is 5.78. The number of rotatable bonds is 7. The standard InChI is InChI=1S/C22H24OP.ClH/c1-2-23-18-19-24(20-12-6-3-7-13-20,21-14-8-4-9-15-21)22-16-10-5-11-17-22;/h3-17H,2,18-19H2,1H3;1H/q+1;/p-1. The maximum Gasteiger partial charge on any atom is 0.114 e. The molecular formula is C22H24ClOP. The van der Waals surface area contributed by atoms with E-state index in [1.54, 1.807) is 0 Å². The number of ether oxygens (including phenoxy) is 1. The summed E-state index contributed by atoms with van der Waals surface area (Å²) in [5, 5.41) is 4.26. The Morgan fingerprint density at radius 3 is 1.32 bits per heavy atom. The van der Waals surface area contributed by atoms with Crippen LogP contribution < -0.4 is 28.3 Å². The van der Waals surface area contributed by atoms with Crippen LogP contribution >= 0.6 is 7.26 Å². The summed E-state index contributed by atoms with van der Waals surface area (Å²) in [7, 11) is -1.71. The molecule has 0 aliphatic heterocycles. The lowest BCUT2D eigenvalue weighted by atomic mass is 10.4. The lowest BCUT2D eigenvalue weighted by molar-refractivity contribution is -0.00000555. The van der Waals surface area contributed by atoms with Crippen molar-refractivity contribution in [2.75, 3.05) is 19.4 Å². The molecular weight excluding hydrogens is 347 g/mol. The normalized spacial score (nSPS) is 10.9. The fourth-order valence-corrected chi connectivity index (χ4v) is 7.34. The van der Waals surface area contributed by atoms with Crippen molar-refractivity contribution in [2.45, 2.75) is 6.92 Å². The Morgan fingerprint density at radius 1 is 0.640 bits per heavy atom. The molecule has 3 heteroatoms. The highest BCUT2D eigenvalue weighted by molar-refractivity contribution is 7.95. The summed E-state index contributed by atoms with van der Waals surface area (Å²) in [5.41, 5.74) is 0. The second-order valence-electron chi connectivity index (χ2n) is 5.74. The summed E-state index contributed by atoms with van der Waals surface area (Å²) in [6.07, 6.45) is 1.03. The predicted molar refractivity (Wildman–Crippen MR) is 107 cm³/mol. The van der Waals surface area contributed by atoms with E-state index in [0.29, 0.717) is 0 Å². The van der Waals surface area contributed by atoms with Crippen molar-refractivity contribution in [3.05, 3.63) is 91.0 Å². The lowest BCUT2D eigenvalue weighted by Crippen LogP contribution is -3.00. The Hall–Kier alpha value is -1.66. The predicted octanol–water partition coefficient (Wildman–Crippen LogP) is 1.02. The largest absolute Gasteiger partial charge is 1.00 e. The summed E-state index contributed by atoms with van der Waals surface area (Å²) in [4.78, 5) is 0. The number of benzene rings is 3. The van der Waals surface area contributed by atoms with Crippen molar-refractivity contribution in [3.8, 4) is 0 Å². The maximum absolute atomic E-state index is 5.78. The zero-order valence-electron chi connectivity index (χ0n) is 14.5. The highest BCUT2D eigenvalue weighted by Gasteiger charge is 2.44. The minimum absolute atomic E-state index is 0. The van der Waals surface area contributed by atoms with Crippen LogP contribution in [0.1, 0.15) is 6.92 Å². The van der Waals surface area contributed by atoms with Gasteiger partial charge in [-0.2, -0.15) is 0 Å². The monoisotopic (exact) mass is 370 g/mol. The molecule has 0 radical (unpaired) electrons. The third-order valence-electron chi connectivity index (χ3n) is 4.37. The highest BCUT2D eigenvalue weighted by atomic mass is 35.5. The van der Waals surface area contributed by atoms with Gasteiger partial charge >= 0.3 is 0 Å². The first-order valence-corrected chi connectivity index (χ1v) is 10.5. The second-order valence-corrected chi connectivity index (χ2v) is 9.35. The molecule has 0 atom stereocenters. The molecule has 0 amide bonds. The third-order valence-corrected chi connectivity index (χ3v) is 8.76. The van der Waals surface area contributed by atoms with E-state index in [9.17, 15) is 0 Å². The van der Waals surface area contributed by atoms with E-state index in [1.165, 1.54) is 15.9 Å². The minimum Gasteiger partial charge on any atom is -1.00 e. The lowest BCUT2D eigenvalue weighted by Gasteiger charge is -2.27. The topological polar surface area (TPSA) is 9.23 Å². The zero-order valence-corrected chi connectivity index (χ0v) is 16.2. The third kappa shape index (κ3) is 4.30. The van der Waals surface area contributed by atoms with Gasteiger partial charge in [0, 0.05) is 6.61 Å². The quantitative estimate of drug-likeness (QED) is 0.446. The van der Waals surface area contributed by atoms with Crippen LogP contribution in [0.5, 0.6) is 0 Å². The van der Waals surface area contributed by atoms with Crippen LogP contribution in [0.15, 0.2) is 91.0 Å². The van der Waals surface area contributed by atoms with Crippen LogP contribution in [0.3, 0.4) is 0 Å². The van der Waals surface area contributed by atoms with Crippen LogP contribution in [0.25, 0.3) is 0 Å². The highest BCUT2D eigenvalue weighted by Crippen LogP contribution is 2.54. The van der Waals surface area contributed by atoms with Crippen LogP contribution in [0.4, 0.5) is 0 Å². The van der Waals surface area contributed by atoms with Crippen LogP contribution in [0.2, 0.25) is 0 Å². The van der Waals surface area contributed by atoms with Crippen LogP contribution in [-0.4, -0.2) is 19.4 Å². The maximum atomic E-state index is 5.78. The average molecular weight is 371 g/mol. The van der Waals surface area contributed by atoms with Crippen LogP contribution in [-0.2, 0) is 4.74 Å². The molecule has 0 saturated heterocycles. The van der Waals surface area contributed by atoms with Crippen molar-refractivity contribution in [2.24, 2.45) is 0 Å². The summed E-state index contributed by atoms with van der Waals surface area (Å²) in [6, 6.07) is 32.8. The second kappa shape index (κ2) is 9.73. The molecule has 3 aromatic carbocycles. The van der Waals surface area contributed by atoms with Crippen molar-refractivity contribution >= 4 is 23.2 Å². The van der Waals surface area contributed by atoms with E-state index in [1.807, 2.05) is 0 Å². The Morgan fingerprint density at radius 2 is 1.00 bits per heavy atom. The van der Waals surface area contributed by atoms with E-state index in [2.05, 4.69) is 97.9 Å². The number of halogens is 1. The van der Waals surface area contributed by atoms with E-state index in [-0.39, 0.29) is 12.4 Å². The first-order valence-electron chi connectivity index (χ1n) is 8.50. The van der Waals surface area contributed by atoms with E-state index < -0.39 is 7.26 Å². The average Bonchev–Trinajstić information content (AvgIpc) is 2.68. The van der Waals surface area contributed by atoms with Crippen molar-refractivity contribution in [1.82, 2.24) is 0 Å². The van der Waals surface area contributed by atoms with Gasteiger partial charge in [0.15, 0.2) is 0 Å². The molecule has 130 valence electrons. The molecule has 0 bridgehead atoms. The summed E-state index contributed by atoms with van der Waals surface area (Å²) in [5.74, 6) is 0. The van der Waals surface area contributed by atoms with Gasteiger partial charge < -0.3 is 17.1 Å². The molecule has 0 saturated carbocycles. The number of hydrogen-bond acceptors (Lipinski definition) is 1. The molecule has 0 unspecified atom stereocenters. The number of hydrogen-bond donors (Lipinski definition) is 0. The molecule has 0 aromatic heterocycles. The van der Waals surface area contributed by atoms with Gasteiger partial charge in [0.2, 0.25) is 0 Å². The molecule has 3 rings (SSSR count). The molecule has 0 heterocycles. The molecule has 0 fully saturated rings. The van der Waals surface area contributed by atoms with E-state index in [0.717, 1.165) is 19.4 Å². The fourth-order valence-electron chi connectivity index (χ4n) is 3.23.